The van der Waals surface area contributed by atoms with Gasteiger partial charge in [0, 0.05) is 5.70 Å². The summed E-state index contributed by atoms with van der Waals surface area (Å²) in [6.07, 6.45) is 3.61. The summed E-state index contributed by atoms with van der Waals surface area (Å²) in [6, 6.07) is 0. The van der Waals surface area contributed by atoms with Gasteiger partial charge in [-0.1, -0.05) is 25.5 Å². The topological polar surface area (TPSA) is 46.2 Å². The highest BCUT2D eigenvalue weighted by Gasteiger charge is 2.60. The minimum Gasteiger partial charge on any atom is -0.330 e. The van der Waals surface area contributed by atoms with Gasteiger partial charge in [0.1, 0.15) is 0 Å². The number of nitrogens with one attached hydrogen (secondary N) is 1. The summed E-state index contributed by atoms with van der Waals surface area (Å²) < 4.78 is 0. The molecule has 18 heavy (non-hydrogen) atoms. The van der Waals surface area contributed by atoms with Crippen LogP contribution in [-0.4, -0.2) is 11.7 Å². The second kappa shape index (κ2) is 5.09. The zero-order chi connectivity index (χ0) is 14.1. The van der Waals surface area contributed by atoms with Gasteiger partial charge >= 0.3 is 0 Å². The Bertz CT molecular complexity index is 426. The Hall–Kier alpha value is -1.38. The van der Waals surface area contributed by atoms with Crippen molar-refractivity contribution in [2.45, 2.75) is 41.5 Å². The molecule has 0 heterocycles. The first-order valence-electron chi connectivity index (χ1n) is 6.31. The van der Waals surface area contributed by atoms with Crippen LogP contribution in [0.4, 0.5) is 0 Å². The fourth-order valence-corrected chi connectivity index (χ4v) is 2.46. The van der Waals surface area contributed by atoms with Crippen LogP contribution in [0.2, 0.25) is 0 Å². The summed E-state index contributed by atoms with van der Waals surface area (Å²) in [7, 11) is 0. The zero-order valence-corrected chi connectivity index (χ0v) is 12.1. The third-order valence-corrected chi connectivity index (χ3v) is 3.45. The van der Waals surface area contributed by atoms with Gasteiger partial charge in [-0.2, -0.15) is 0 Å². The molecule has 0 aromatic rings. The summed E-state index contributed by atoms with van der Waals surface area (Å²) in [5, 5.41) is 2.80. The van der Waals surface area contributed by atoms with Crippen molar-refractivity contribution in [1.29, 1.82) is 0 Å². The van der Waals surface area contributed by atoms with E-state index in [4.69, 9.17) is 0 Å². The van der Waals surface area contributed by atoms with Gasteiger partial charge < -0.3 is 5.32 Å². The van der Waals surface area contributed by atoms with Crippen LogP contribution in [0.5, 0.6) is 0 Å². The van der Waals surface area contributed by atoms with Crippen LogP contribution in [0.15, 0.2) is 23.4 Å². The van der Waals surface area contributed by atoms with Crippen molar-refractivity contribution in [2.24, 2.45) is 17.3 Å². The minimum atomic E-state index is -0.0521. The highest BCUT2D eigenvalue weighted by Crippen LogP contribution is 2.59. The van der Waals surface area contributed by atoms with Crippen molar-refractivity contribution in [3.8, 4) is 0 Å². The molecular weight excluding hydrogens is 226 g/mol. The monoisotopic (exact) mass is 249 g/mol. The van der Waals surface area contributed by atoms with Crippen molar-refractivity contribution in [3.63, 3.8) is 0 Å². The molecule has 0 saturated heterocycles. The number of carbonyl (C=O) groups is 2. The second-order valence-electron chi connectivity index (χ2n) is 6.00. The van der Waals surface area contributed by atoms with Gasteiger partial charge in [-0.05, 0) is 45.1 Å². The van der Waals surface area contributed by atoms with E-state index in [9.17, 15) is 9.59 Å². The van der Waals surface area contributed by atoms with E-state index in [-0.39, 0.29) is 23.0 Å². The number of allylic oxidation sites excluding steroid dienone is 4. The van der Waals surface area contributed by atoms with E-state index in [1.807, 2.05) is 13.8 Å². The first kappa shape index (κ1) is 14.7. The van der Waals surface area contributed by atoms with Crippen LogP contribution in [0, 0.1) is 17.3 Å². The van der Waals surface area contributed by atoms with Gasteiger partial charge in [0.25, 0.3) is 0 Å². The van der Waals surface area contributed by atoms with E-state index in [2.05, 4.69) is 25.2 Å². The Kier molecular flexibility index (Phi) is 4.15. The number of ketones is 1. The largest absolute Gasteiger partial charge is 0.330 e. The molecule has 0 spiro atoms. The number of hydrogen-bond acceptors (Lipinski definition) is 2. The van der Waals surface area contributed by atoms with Crippen LogP contribution in [0.25, 0.3) is 0 Å². The van der Waals surface area contributed by atoms with Gasteiger partial charge in [-0.15, -0.1) is 0 Å². The van der Waals surface area contributed by atoms with Gasteiger partial charge in [-0.3, -0.25) is 9.59 Å². The van der Waals surface area contributed by atoms with Gasteiger partial charge in [0.05, 0.1) is 5.92 Å². The molecule has 3 heteroatoms. The van der Waals surface area contributed by atoms with Crippen molar-refractivity contribution in [1.82, 2.24) is 5.32 Å². The first-order chi connectivity index (χ1) is 8.16. The van der Waals surface area contributed by atoms with Gasteiger partial charge in [0.15, 0.2) is 5.78 Å². The minimum absolute atomic E-state index is 0.00251. The molecule has 0 bridgehead atoms. The standard InChI is InChI=1S/C15H23NO2/c1-9(2)7-12-13(15(12,5)6)14(18)16-10(3)8-11(4)17/h7-8,12-13H,1-6H3,(H,16,18)/b10-8+/t12-,13-/m1/s1. The van der Waals surface area contributed by atoms with E-state index in [1.54, 1.807) is 6.92 Å². The number of carbonyl (C=O) groups excluding carboxylic acids is 2. The second-order valence-corrected chi connectivity index (χ2v) is 6.00. The Morgan fingerprint density at radius 1 is 1.11 bits per heavy atom. The predicted molar refractivity (Wildman–Crippen MR) is 72.8 cm³/mol. The molecule has 100 valence electrons. The molecule has 1 rings (SSSR count). The molecule has 1 aliphatic rings. The summed E-state index contributed by atoms with van der Waals surface area (Å²) in [6.45, 7) is 11.5. The lowest BCUT2D eigenvalue weighted by Gasteiger charge is -2.05. The van der Waals surface area contributed by atoms with Crippen LogP contribution in [0.1, 0.15) is 41.5 Å². The van der Waals surface area contributed by atoms with Crippen LogP contribution in [-0.2, 0) is 9.59 Å². The van der Waals surface area contributed by atoms with E-state index < -0.39 is 0 Å². The lowest BCUT2D eigenvalue weighted by atomic mass is 10.1. The van der Waals surface area contributed by atoms with Crippen LogP contribution < -0.4 is 5.32 Å². The maximum Gasteiger partial charge on any atom is 0.228 e. The third kappa shape index (κ3) is 3.31. The maximum atomic E-state index is 12.1. The first-order valence-corrected chi connectivity index (χ1v) is 6.31. The van der Waals surface area contributed by atoms with E-state index in [0.717, 1.165) is 0 Å². The van der Waals surface area contributed by atoms with Crippen molar-refractivity contribution < 1.29 is 9.59 Å². The average molecular weight is 249 g/mol. The molecule has 0 aromatic carbocycles. The number of hydrogen-bond donors (Lipinski definition) is 1. The molecule has 2 atom stereocenters. The Morgan fingerprint density at radius 3 is 2.11 bits per heavy atom. The summed E-state index contributed by atoms with van der Waals surface area (Å²) >= 11 is 0. The molecule has 1 saturated carbocycles. The molecular formula is C15H23NO2. The molecule has 0 aliphatic heterocycles. The molecule has 3 nitrogen and oxygen atoms in total. The smallest absolute Gasteiger partial charge is 0.228 e. The van der Waals surface area contributed by atoms with Crippen molar-refractivity contribution in [2.75, 3.05) is 0 Å². The molecule has 1 fully saturated rings. The quantitative estimate of drug-likeness (QED) is 0.615. The Morgan fingerprint density at radius 2 is 1.67 bits per heavy atom. The fourth-order valence-electron chi connectivity index (χ4n) is 2.46. The lowest BCUT2D eigenvalue weighted by molar-refractivity contribution is -0.122. The van der Waals surface area contributed by atoms with E-state index in [1.165, 1.54) is 18.6 Å². The molecule has 1 N–H and O–H groups in total. The maximum absolute atomic E-state index is 12.1. The van der Waals surface area contributed by atoms with Gasteiger partial charge in [-0.25, -0.2) is 0 Å². The fraction of sp³-hybridized carbons (Fsp3) is 0.600. The SMILES string of the molecule is CC(=O)/C=C(\C)NC(=O)[C@H]1[C@@H](C=C(C)C)C1(C)C. The molecule has 1 amide bonds. The van der Waals surface area contributed by atoms with Crippen LogP contribution in [0.3, 0.4) is 0 Å². The van der Waals surface area contributed by atoms with Crippen molar-refractivity contribution >= 4 is 11.7 Å². The molecule has 0 aromatic heterocycles. The lowest BCUT2D eigenvalue weighted by Crippen LogP contribution is -2.25. The Labute approximate surface area is 109 Å². The van der Waals surface area contributed by atoms with E-state index in [0.29, 0.717) is 11.6 Å². The average Bonchev–Trinajstić information content (AvgIpc) is 2.64. The summed E-state index contributed by atoms with van der Waals surface area (Å²) in [4.78, 5) is 23.0. The van der Waals surface area contributed by atoms with Crippen LogP contribution >= 0.6 is 0 Å². The Balaban J connectivity index is 2.70. The van der Waals surface area contributed by atoms with Crippen molar-refractivity contribution in [3.05, 3.63) is 23.4 Å². The highest BCUT2D eigenvalue weighted by atomic mass is 16.2. The molecule has 0 unspecified atom stereocenters. The number of amides is 1. The molecule has 0 radical (unpaired) electrons. The van der Waals surface area contributed by atoms with Gasteiger partial charge in [0.2, 0.25) is 5.91 Å². The zero-order valence-electron chi connectivity index (χ0n) is 12.1. The summed E-state index contributed by atoms with van der Waals surface area (Å²) in [5.74, 6) is 0.261. The normalized spacial score (nSPS) is 25.3. The molecule has 1 aliphatic carbocycles. The van der Waals surface area contributed by atoms with E-state index >= 15 is 0 Å². The predicted octanol–water partition coefficient (Wildman–Crippen LogP) is 2.83. The third-order valence-electron chi connectivity index (χ3n) is 3.45. The highest BCUT2D eigenvalue weighted by molar-refractivity contribution is 5.90. The summed E-state index contributed by atoms with van der Waals surface area (Å²) in [5.41, 5.74) is 1.86. The number of rotatable bonds is 4.